The molecule has 2 aromatic rings. The Morgan fingerprint density at radius 3 is 2.69 bits per heavy atom. The number of carbonyl (C=O) groups is 2. The highest BCUT2D eigenvalue weighted by atomic mass is 19.1. The van der Waals surface area contributed by atoms with Crippen molar-refractivity contribution < 1.29 is 14.0 Å². The number of carbonyl (C=O) groups excluding carboxylic acids is 2. The molecule has 1 aliphatic rings. The lowest BCUT2D eigenvalue weighted by Gasteiger charge is -2.17. The van der Waals surface area contributed by atoms with Crippen molar-refractivity contribution in [3.05, 3.63) is 65.5 Å². The third-order valence-corrected chi connectivity index (χ3v) is 4.75. The normalized spacial score (nSPS) is 16.8. The van der Waals surface area contributed by atoms with Crippen LogP contribution in [0.2, 0.25) is 0 Å². The zero-order chi connectivity index (χ0) is 18.5. The molecule has 1 fully saturated rings. The lowest BCUT2D eigenvalue weighted by atomic mass is 10.1. The molecule has 0 spiro atoms. The Kier molecular flexibility index (Phi) is 5.66. The minimum Gasteiger partial charge on any atom is -0.355 e. The average molecular weight is 354 g/mol. The SMILES string of the molecule is CCc1cccc(N2C[C@H](C(=O)NCCc3ccc(F)cc3)CC2=O)c1. The van der Waals surface area contributed by atoms with Crippen LogP contribution in [0, 0.1) is 11.7 Å². The molecular weight excluding hydrogens is 331 g/mol. The number of amides is 2. The topological polar surface area (TPSA) is 49.4 Å². The van der Waals surface area contributed by atoms with Gasteiger partial charge in [0, 0.05) is 25.2 Å². The number of hydrogen-bond donors (Lipinski definition) is 1. The Balaban J connectivity index is 1.54. The van der Waals surface area contributed by atoms with Gasteiger partial charge in [0.05, 0.1) is 5.92 Å². The number of benzene rings is 2. The van der Waals surface area contributed by atoms with Crippen molar-refractivity contribution in [2.24, 2.45) is 5.92 Å². The van der Waals surface area contributed by atoms with E-state index in [-0.39, 0.29) is 30.0 Å². The van der Waals surface area contributed by atoms with Crippen molar-refractivity contribution in [3.63, 3.8) is 0 Å². The van der Waals surface area contributed by atoms with Gasteiger partial charge in [-0.25, -0.2) is 4.39 Å². The van der Waals surface area contributed by atoms with Crippen LogP contribution in [-0.4, -0.2) is 24.9 Å². The van der Waals surface area contributed by atoms with Crippen LogP contribution in [0.4, 0.5) is 10.1 Å². The molecule has 0 radical (unpaired) electrons. The summed E-state index contributed by atoms with van der Waals surface area (Å²) in [6, 6.07) is 14.1. The molecule has 3 rings (SSSR count). The number of anilines is 1. The second kappa shape index (κ2) is 8.13. The van der Waals surface area contributed by atoms with E-state index in [1.54, 1.807) is 17.0 Å². The van der Waals surface area contributed by atoms with Crippen LogP contribution < -0.4 is 10.2 Å². The maximum Gasteiger partial charge on any atom is 0.227 e. The van der Waals surface area contributed by atoms with E-state index in [2.05, 4.69) is 12.2 Å². The quantitative estimate of drug-likeness (QED) is 0.867. The Morgan fingerprint density at radius 2 is 1.96 bits per heavy atom. The third kappa shape index (κ3) is 4.28. The fourth-order valence-electron chi connectivity index (χ4n) is 3.20. The minimum atomic E-state index is -0.332. The van der Waals surface area contributed by atoms with E-state index in [9.17, 15) is 14.0 Å². The lowest BCUT2D eigenvalue weighted by molar-refractivity contribution is -0.126. The van der Waals surface area contributed by atoms with Crippen molar-refractivity contribution in [1.82, 2.24) is 5.32 Å². The molecule has 1 aliphatic heterocycles. The molecule has 0 bridgehead atoms. The van der Waals surface area contributed by atoms with Gasteiger partial charge in [0.15, 0.2) is 0 Å². The van der Waals surface area contributed by atoms with Crippen LogP contribution in [0.5, 0.6) is 0 Å². The Bertz CT molecular complexity index is 789. The van der Waals surface area contributed by atoms with Gasteiger partial charge in [0.2, 0.25) is 11.8 Å². The molecule has 4 nitrogen and oxygen atoms in total. The molecule has 2 aromatic carbocycles. The van der Waals surface area contributed by atoms with Crippen LogP contribution >= 0.6 is 0 Å². The average Bonchev–Trinajstić information content (AvgIpc) is 3.05. The summed E-state index contributed by atoms with van der Waals surface area (Å²) in [4.78, 5) is 26.4. The number of nitrogens with zero attached hydrogens (tertiary/aromatic N) is 1. The van der Waals surface area contributed by atoms with Crippen molar-refractivity contribution in [3.8, 4) is 0 Å². The van der Waals surface area contributed by atoms with Gasteiger partial charge in [0.1, 0.15) is 5.82 Å². The van der Waals surface area contributed by atoms with Gasteiger partial charge in [-0.05, 0) is 48.2 Å². The van der Waals surface area contributed by atoms with E-state index in [4.69, 9.17) is 0 Å². The lowest BCUT2D eigenvalue weighted by Crippen LogP contribution is -2.34. The predicted molar refractivity (Wildman–Crippen MR) is 99.4 cm³/mol. The summed E-state index contributed by atoms with van der Waals surface area (Å²) >= 11 is 0. The van der Waals surface area contributed by atoms with Crippen molar-refractivity contribution in [2.75, 3.05) is 18.0 Å². The predicted octanol–water partition coefficient (Wildman–Crippen LogP) is 3.10. The summed E-state index contributed by atoms with van der Waals surface area (Å²) in [5, 5.41) is 2.89. The fraction of sp³-hybridized carbons (Fsp3) is 0.333. The highest BCUT2D eigenvalue weighted by molar-refractivity contribution is 6.00. The monoisotopic (exact) mass is 354 g/mol. The molecule has 1 heterocycles. The van der Waals surface area contributed by atoms with Crippen molar-refractivity contribution in [1.29, 1.82) is 0 Å². The zero-order valence-electron chi connectivity index (χ0n) is 14.9. The fourth-order valence-corrected chi connectivity index (χ4v) is 3.20. The molecule has 136 valence electrons. The Hall–Kier alpha value is -2.69. The van der Waals surface area contributed by atoms with Gasteiger partial charge in [-0.1, -0.05) is 31.2 Å². The molecule has 0 aliphatic carbocycles. The molecule has 1 N–H and O–H groups in total. The molecule has 5 heteroatoms. The molecule has 0 saturated carbocycles. The molecule has 1 saturated heterocycles. The maximum atomic E-state index is 12.9. The first-order valence-corrected chi connectivity index (χ1v) is 8.98. The smallest absolute Gasteiger partial charge is 0.227 e. The Morgan fingerprint density at radius 1 is 1.19 bits per heavy atom. The number of rotatable bonds is 6. The molecule has 0 unspecified atom stereocenters. The first-order valence-electron chi connectivity index (χ1n) is 8.98. The summed E-state index contributed by atoms with van der Waals surface area (Å²) in [5.41, 5.74) is 2.99. The van der Waals surface area contributed by atoms with E-state index in [1.807, 2.05) is 24.3 Å². The first-order chi connectivity index (χ1) is 12.6. The van der Waals surface area contributed by atoms with Gasteiger partial charge in [-0.15, -0.1) is 0 Å². The molecule has 2 amide bonds. The Labute approximate surface area is 153 Å². The van der Waals surface area contributed by atoms with Crippen LogP contribution in [0.25, 0.3) is 0 Å². The summed E-state index contributed by atoms with van der Waals surface area (Å²) in [6.45, 7) is 2.96. The minimum absolute atomic E-state index is 0.0167. The molecule has 0 aromatic heterocycles. The summed E-state index contributed by atoms with van der Waals surface area (Å²) in [6.07, 6.45) is 1.77. The number of hydrogen-bond acceptors (Lipinski definition) is 2. The van der Waals surface area contributed by atoms with E-state index in [1.165, 1.54) is 17.7 Å². The standard InChI is InChI=1S/C21H23FN2O2/c1-2-15-4-3-5-19(12-15)24-14-17(13-20(24)25)21(26)23-11-10-16-6-8-18(22)9-7-16/h3-9,12,17H,2,10-11,13-14H2,1H3,(H,23,26)/t17-/m1/s1. The van der Waals surface area contributed by atoms with Crippen LogP contribution in [-0.2, 0) is 22.4 Å². The highest BCUT2D eigenvalue weighted by Gasteiger charge is 2.34. The van der Waals surface area contributed by atoms with Crippen molar-refractivity contribution in [2.45, 2.75) is 26.2 Å². The summed E-state index contributed by atoms with van der Waals surface area (Å²) in [5.74, 6) is -0.720. The first kappa shape index (κ1) is 18.1. The highest BCUT2D eigenvalue weighted by Crippen LogP contribution is 2.26. The maximum absolute atomic E-state index is 12.9. The van der Waals surface area contributed by atoms with Crippen LogP contribution in [0.3, 0.4) is 0 Å². The zero-order valence-corrected chi connectivity index (χ0v) is 14.9. The van der Waals surface area contributed by atoms with Gasteiger partial charge in [-0.2, -0.15) is 0 Å². The number of nitrogens with one attached hydrogen (secondary N) is 1. The van der Waals surface area contributed by atoms with Gasteiger partial charge in [0.25, 0.3) is 0 Å². The van der Waals surface area contributed by atoms with E-state index in [0.29, 0.717) is 19.5 Å². The van der Waals surface area contributed by atoms with Crippen LogP contribution in [0.1, 0.15) is 24.5 Å². The van der Waals surface area contributed by atoms with Gasteiger partial charge >= 0.3 is 0 Å². The number of aryl methyl sites for hydroxylation is 1. The van der Waals surface area contributed by atoms with Crippen molar-refractivity contribution >= 4 is 17.5 Å². The third-order valence-electron chi connectivity index (χ3n) is 4.75. The van der Waals surface area contributed by atoms with Gasteiger partial charge in [-0.3, -0.25) is 9.59 Å². The van der Waals surface area contributed by atoms with E-state index < -0.39 is 0 Å². The number of halogens is 1. The van der Waals surface area contributed by atoms with Crippen LogP contribution in [0.15, 0.2) is 48.5 Å². The van der Waals surface area contributed by atoms with E-state index >= 15 is 0 Å². The molecule has 1 atom stereocenters. The second-order valence-electron chi connectivity index (χ2n) is 6.60. The van der Waals surface area contributed by atoms with Gasteiger partial charge < -0.3 is 10.2 Å². The molecule has 26 heavy (non-hydrogen) atoms. The largest absolute Gasteiger partial charge is 0.355 e. The second-order valence-corrected chi connectivity index (χ2v) is 6.60. The summed E-state index contributed by atoms with van der Waals surface area (Å²) < 4.78 is 12.9. The van der Waals surface area contributed by atoms with E-state index in [0.717, 1.165) is 17.7 Å². The summed E-state index contributed by atoms with van der Waals surface area (Å²) in [7, 11) is 0. The molecular formula is C21H23FN2O2.